The summed E-state index contributed by atoms with van der Waals surface area (Å²) in [5, 5.41) is 23.4. The summed E-state index contributed by atoms with van der Waals surface area (Å²) in [6.45, 7) is 16.5. The molecule has 0 aliphatic rings. The maximum absolute atomic E-state index is 11.7. The number of nitrogens with one attached hydrogen (secondary N) is 1. The summed E-state index contributed by atoms with van der Waals surface area (Å²) in [7, 11) is -2.14. The Morgan fingerprint density at radius 1 is 1.12 bits per heavy atom. The molecule has 0 aliphatic heterocycles. The van der Waals surface area contributed by atoms with Crippen LogP contribution in [0.15, 0.2) is 30.3 Å². The molecule has 0 spiro atoms. The second kappa shape index (κ2) is 7.70. The van der Waals surface area contributed by atoms with Crippen molar-refractivity contribution in [2.45, 2.75) is 71.3 Å². The second-order valence-corrected chi connectivity index (χ2v) is 14.3. The lowest BCUT2D eigenvalue weighted by Gasteiger charge is -2.50. The molecule has 6 heteroatoms. The number of carboxylic acid groups (broad SMARTS) is 1. The molecule has 0 saturated heterocycles. The summed E-state index contributed by atoms with van der Waals surface area (Å²) in [5.41, 5.74) is -1.10. The van der Waals surface area contributed by atoms with Gasteiger partial charge in [-0.2, -0.15) is 0 Å². The van der Waals surface area contributed by atoms with Gasteiger partial charge in [0.05, 0.1) is 6.61 Å². The quantitative estimate of drug-likeness (QED) is 0.619. The summed E-state index contributed by atoms with van der Waals surface area (Å²) < 4.78 is 6.38. The van der Waals surface area contributed by atoms with Crippen molar-refractivity contribution in [3.05, 3.63) is 35.9 Å². The predicted octanol–water partition coefficient (Wildman–Crippen LogP) is 4.79. The molecule has 0 unspecified atom stereocenters. The highest BCUT2D eigenvalue weighted by molar-refractivity contribution is 6.74. The number of aliphatic hydroxyl groups is 1. The molecule has 3 N–H and O–H groups in total. The summed E-state index contributed by atoms with van der Waals surface area (Å²) in [6.07, 6.45) is -2.21. The minimum Gasteiger partial charge on any atom is -0.465 e. The largest absolute Gasteiger partial charge is 0.465 e. The van der Waals surface area contributed by atoms with E-state index in [1.165, 1.54) is 0 Å². The number of rotatable bonds is 6. The van der Waals surface area contributed by atoms with Crippen LogP contribution in [-0.2, 0) is 4.43 Å². The molecule has 0 bridgehead atoms. The Morgan fingerprint density at radius 2 is 1.62 bits per heavy atom. The van der Waals surface area contributed by atoms with Gasteiger partial charge in [0.1, 0.15) is 11.6 Å². The molecule has 148 valence electrons. The van der Waals surface area contributed by atoms with Gasteiger partial charge in [0.25, 0.3) is 0 Å². The van der Waals surface area contributed by atoms with Gasteiger partial charge in [0.2, 0.25) is 0 Å². The number of benzene rings is 1. The lowest BCUT2D eigenvalue weighted by molar-refractivity contribution is -0.0413. The lowest BCUT2D eigenvalue weighted by atomic mass is 9.69. The third-order valence-electron chi connectivity index (χ3n) is 5.72. The standard InChI is InChI=1S/C20H35NO4Si/c1-18(2,3)20(21-17(23)24,14-25-26(7,8)19(4,5)6)16(22)15-12-10-9-11-13-15/h9-13,16,21-22H,14H2,1-8H3,(H,23,24)/t16-,20-/m1/s1. The Labute approximate surface area is 158 Å². The van der Waals surface area contributed by atoms with Gasteiger partial charge >= 0.3 is 6.09 Å². The Balaban J connectivity index is 3.38. The van der Waals surface area contributed by atoms with Crippen molar-refractivity contribution in [3.63, 3.8) is 0 Å². The Bertz CT molecular complexity index is 604. The summed E-state index contributed by atoms with van der Waals surface area (Å²) in [4.78, 5) is 11.7. The molecule has 0 heterocycles. The van der Waals surface area contributed by atoms with E-state index in [-0.39, 0.29) is 11.6 Å². The molecule has 1 rings (SSSR count). The van der Waals surface area contributed by atoms with Crippen LogP contribution in [0, 0.1) is 5.41 Å². The van der Waals surface area contributed by atoms with Crippen LogP contribution in [0.4, 0.5) is 4.79 Å². The van der Waals surface area contributed by atoms with E-state index >= 15 is 0 Å². The average Bonchev–Trinajstić information content (AvgIpc) is 2.49. The van der Waals surface area contributed by atoms with Gasteiger partial charge in [-0.15, -0.1) is 0 Å². The van der Waals surface area contributed by atoms with Crippen LogP contribution >= 0.6 is 0 Å². The monoisotopic (exact) mass is 381 g/mol. The number of aliphatic hydroxyl groups excluding tert-OH is 1. The second-order valence-electron chi connectivity index (χ2n) is 9.51. The fraction of sp³-hybridized carbons (Fsp3) is 0.650. The molecule has 1 aromatic carbocycles. The smallest absolute Gasteiger partial charge is 0.405 e. The minimum absolute atomic E-state index is 0.0163. The summed E-state index contributed by atoms with van der Waals surface area (Å²) in [5.74, 6) is 0. The van der Waals surface area contributed by atoms with Gasteiger partial charge in [-0.05, 0) is 29.1 Å². The van der Waals surface area contributed by atoms with E-state index in [2.05, 4.69) is 39.2 Å². The highest BCUT2D eigenvalue weighted by Crippen LogP contribution is 2.43. The fourth-order valence-corrected chi connectivity index (χ4v) is 3.64. The molecule has 0 radical (unpaired) electrons. The molecule has 26 heavy (non-hydrogen) atoms. The molecule has 0 fully saturated rings. The van der Waals surface area contributed by atoms with Crippen molar-refractivity contribution in [3.8, 4) is 0 Å². The molecule has 1 aromatic rings. The van der Waals surface area contributed by atoms with E-state index in [1.807, 2.05) is 39.0 Å². The fourth-order valence-electron chi connectivity index (χ4n) is 2.62. The third kappa shape index (κ3) is 4.87. The first-order chi connectivity index (χ1) is 11.6. The maximum Gasteiger partial charge on any atom is 0.405 e. The Morgan fingerprint density at radius 3 is 2.00 bits per heavy atom. The molecular formula is C20H35NO4Si. The summed E-state index contributed by atoms with van der Waals surface area (Å²) in [6, 6.07) is 9.15. The lowest BCUT2D eigenvalue weighted by Crippen LogP contribution is -2.65. The Kier molecular flexibility index (Phi) is 6.72. The van der Waals surface area contributed by atoms with Crippen molar-refractivity contribution in [1.82, 2.24) is 5.32 Å². The highest BCUT2D eigenvalue weighted by atomic mass is 28.4. The zero-order valence-electron chi connectivity index (χ0n) is 17.4. The van der Waals surface area contributed by atoms with Gasteiger partial charge in [0, 0.05) is 0 Å². The van der Waals surface area contributed by atoms with Crippen LogP contribution in [0.25, 0.3) is 0 Å². The molecule has 1 amide bonds. The Hall–Kier alpha value is -1.37. The third-order valence-corrected chi connectivity index (χ3v) is 10.2. The van der Waals surface area contributed by atoms with E-state index in [0.717, 1.165) is 0 Å². The van der Waals surface area contributed by atoms with Crippen LogP contribution in [0.2, 0.25) is 18.1 Å². The number of amides is 1. The maximum atomic E-state index is 11.7. The zero-order chi connectivity index (χ0) is 20.4. The van der Waals surface area contributed by atoms with Crippen LogP contribution in [0.3, 0.4) is 0 Å². The van der Waals surface area contributed by atoms with E-state index in [1.54, 1.807) is 12.1 Å². The zero-order valence-corrected chi connectivity index (χ0v) is 18.4. The van der Waals surface area contributed by atoms with Crippen molar-refractivity contribution in [2.75, 3.05) is 6.61 Å². The number of carbonyl (C=O) groups is 1. The van der Waals surface area contributed by atoms with Gasteiger partial charge in [-0.25, -0.2) is 4.79 Å². The van der Waals surface area contributed by atoms with Crippen LogP contribution < -0.4 is 5.32 Å². The van der Waals surface area contributed by atoms with E-state index in [0.29, 0.717) is 5.56 Å². The van der Waals surface area contributed by atoms with E-state index < -0.39 is 31.5 Å². The molecule has 0 saturated carbocycles. The van der Waals surface area contributed by atoms with Crippen molar-refractivity contribution in [1.29, 1.82) is 0 Å². The first-order valence-corrected chi connectivity index (χ1v) is 11.9. The number of hydrogen-bond acceptors (Lipinski definition) is 3. The van der Waals surface area contributed by atoms with Crippen molar-refractivity contribution >= 4 is 14.4 Å². The van der Waals surface area contributed by atoms with E-state index in [9.17, 15) is 15.0 Å². The molecule has 0 aromatic heterocycles. The molecular weight excluding hydrogens is 346 g/mol. The first kappa shape index (κ1) is 22.7. The molecule has 5 nitrogen and oxygen atoms in total. The normalized spacial score (nSPS) is 16.7. The number of hydrogen-bond donors (Lipinski definition) is 3. The topological polar surface area (TPSA) is 78.8 Å². The van der Waals surface area contributed by atoms with Gasteiger partial charge in [-0.1, -0.05) is 71.9 Å². The highest BCUT2D eigenvalue weighted by Gasteiger charge is 2.52. The molecule has 0 aliphatic carbocycles. The molecule has 2 atom stereocenters. The average molecular weight is 382 g/mol. The van der Waals surface area contributed by atoms with Gasteiger partial charge in [-0.3, -0.25) is 0 Å². The summed E-state index contributed by atoms with van der Waals surface area (Å²) >= 11 is 0. The predicted molar refractivity (Wildman–Crippen MR) is 108 cm³/mol. The van der Waals surface area contributed by atoms with E-state index in [4.69, 9.17) is 4.43 Å². The minimum atomic E-state index is -2.14. The van der Waals surface area contributed by atoms with Crippen LogP contribution in [0.5, 0.6) is 0 Å². The van der Waals surface area contributed by atoms with Crippen molar-refractivity contribution in [2.24, 2.45) is 5.41 Å². The van der Waals surface area contributed by atoms with Gasteiger partial charge in [0.15, 0.2) is 8.32 Å². The van der Waals surface area contributed by atoms with Crippen LogP contribution in [-0.4, -0.2) is 36.8 Å². The van der Waals surface area contributed by atoms with Crippen LogP contribution in [0.1, 0.15) is 53.2 Å². The SMILES string of the molecule is CC(C)(C)[C@](CO[Si](C)(C)C(C)(C)C)(NC(=O)O)[C@H](O)c1ccccc1. The first-order valence-electron chi connectivity index (χ1n) is 9.02. The van der Waals surface area contributed by atoms with Crippen molar-refractivity contribution < 1.29 is 19.4 Å². The van der Waals surface area contributed by atoms with Gasteiger partial charge < -0.3 is 20.0 Å².